The highest BCUT2D eigenvalue weighted by molar-refractivity contribution is 6.74. The van der Waals surface area contributed by atoms with E-state index in [1.807, 2.05) is 24.3 Å². The molecule has 0 amide bonds. The van der Waals surface area contributed by atoms with Crippen LogP contribution in [0.15, 0.2) is 48.5 Å². The molecular formula is C33H56O7Si2. The van der Waals surface area contributed by atoms with E-state index < -0.39 is 16.6 Å². The first kappa shape index (κ1) is 37.8. The third-order valence-electron chi connectivity index (χ3n) is 8.03. The van der Waals surface area contributed by atoms with E-state index in [2.05, 4.69) is 72.5 Å². The minimum Gasteiger partial charge on any atom is -0.494 e. The quantitative estimate of drug-likeness (QED) is 0.129. The minimum absolute atomic E-state index is 0.0701. The predicted octanol–water partition coefficient (Wildman–Crippen LogP) is 8.23. The van der Waals surface area contributed by atoms with Crippen LogP contribution < -0.4 is 9.47 Å². The molecule has 0 atom stereocenters. The summed E-state index contributed by atoms with van der Waals surface area (Å²) >= 11 is 0. The molecule has 0 aromatic heterocycles. The van der Waals surface area contributed by atoms with Gasteiger partial charge in [0.15, 0.2) is 16.6 Å². The summed E-state index contributed by atoms with van der Waals surface area (Å²) in [5.74, 6) is 1.25. The molecule has 7 nitrogen and oxygen atoms in total. The number of hydrogen-bond donors (Lipinski definition) is 1. The molecule has 0 aliphatic rings. The number of aliphatic hydroxyl groups is 1. The first-order valence-electron chi connectivity index (χ1n) is 14.9. The number of rotatable bonds is 14. The van der Waals surface area contributed by atoms with Crippen LogP contribution in [-0.4, -0.2) is 61.2 Å². The SMILES string of the molecule is CC(C)(C)[Si](C)(C)OCCCOc1ccc(CO)cc1.COC(=O)c1ccc(OCCCO[Si](C)(C)C(C)(C)C)cc1. The maximum Gasteiger partial charge on any atom is 0.337 e. The van der Waals surface area contributed by atoms with Crippen LogP contribution in [0.5, 0.6) is 11.5 Å². The second-order valence-electron chi connectivity index (χ2n) is 13.4. The van der Waals surface area contributed by atoms with Crippen LogP contribution in [0.4, 0.5) is 0 Å². The number of ether oxygens (including phenoxy) is 3. The fourth-order valence-corrected chi connectivity index (χ4v) is 5.26. The van der Waals surface area contributed by atoms with Crippen molar-refractivity contribution in [2.75, 3.05) is 33.5 Å². The van der Waals surface area contributed by atoms with Crippen molar-refractivity contribution in [3.8, 4) is 11.5 Å². The first-order chi connectivity index (χ1) is 19.4. The molecule has 0 unspecified atom stereocenters. The Hall–Kier alpha value is -2.18. The zero-order valence-electron chi connectivity index (χ0n) is 28.0. The van der Waals surface area contributed by atoms with Gasteiger partial charge >= 0.3 is 5.97 Å². The lowest BCUT2D eigenvalue weighted by Gasteiger charge is -2.36. The van der Waals surface area contributed by atoms with Gasteiger partial charge in [0.05, 0.1) is 32.5 Å². The fraction of sp³-hybridized carbons (Fsp3) is 0.606. The Bertz CT molecular complexity index is 1040. The summed E-state index contributed by atoms with van der Waals surface area (Å²) in [6.45, 7) is 25.3. The van der Waals surface area contributed by atoms with E-state index in [1.165, 1.54) is 7.11 Å². The molecule has 9 heteroatoms. The van der Waals surface area contributed by atoms with E-state index in [9.17, 15) is 4.79 Å². The molecular weight excluding hydrogens is 565 g/mol. The molecule has 238 valence electrons. The summed E-state index contributed by atoms with van der Waals surface area (Å²) in [6, 6.07) is 14.5. The molecule has 0 bridgehead atoms. The highest BCUT2D eigenvalue weighted by Crippen LogP contribution is 2.37. The van der Waals surface area contributed by atoms with Gasteiger partial charge < -0.3 is 28.2 Å². The van der Waals surface area contributed by atoms with E-state index in [4.69, 9.17) is 23.4 Å². The van der Waals surface area contributed by atoms with Gasteiger partial charge in [0.25, 0.3) is 0 Å². The molecule has 0 fully saturated rings. The van der Waals surface area contributed by atoms with Crippen LogP contribution >= 0.6 is 0 Å². The summed E-state index contributed by atoms with van der Waals surface area (Å²) in [5.41, 5.74) is 1.43. The molecule has 0 heterocycles. The van der Waals surface area contributed by atoms with E-state index in [0.717, 1.165) is 43.1 Å². The van der Waals surface area contributed by atoms with Crippen LogP contribution in [0.25, 0.3) is 0 Å². The fourth-order valence-electron chi connectivity index (χ4n) is 3.08. The van der Waals surface area contributed by atoms with Crippen LogP contribution in [0, 0.1) is 0 Å². The lowest BCUT2D eigenvalue weighted by Crippen LogP contribution is -2.41. The second kappa shape index (κ2) is 17.2. The lowest BCUT2D eigenvalue weighted by molar-refractivity contribution is 0.0600. The highest BCUT2D eigenvalue weighted by atomic mass is 28.4. The van der Waals surface area contributed by atoms with Gasteiger partial charge in [-0.05, 0) is 78.2 Å². The van der Waals surface area contributed by atoms with Crippen molar-refractivity contribution in [2.24, 2.45) is 0 Å². The number of esters is 1. The molecule has 0 saturated carbocycles. The van der Waals surface area contributed by atoms with Crippen LogP contribution in [-0.2, 0) is 20.2 Å². The van der Waals surface area contributed by atoms with E-state index >= 15 is 0 Å². The minimum atomic E-state index is -1.67. The Kier molecular flexibility index (Phi) is 15.5. The summed E-state index contributed by atoms with van der Waals surface area (Å²) < 4.78 is 28.2. The van der Waals surface area contributed by atoms with Crippen molar-refractivity contribution in [1.82, 2.24) is 0 Å². The third-order valence-corrected chi connectivity index (χ3v) is 17.1. The molecule has 42 heavy (non-hydrogen) atoms. The summed E-state index contributed by atoms with van der Waals surface area (Å²) in [5, 5.41) is 9.45. The van der Waals surface area contributed by atoms with Crippen molar-refractivity contribution in [1.29, 1.82) is 0 Å². The monoisotopic (exact) mass is 620 g/mol. The maximum atomic E-state index is 11.3. The molecule has 1 N–H and O–H groups in total. The molecule has 0 spiro atoms. The number of carbonyl (C=O) groups excluding carboxylic acids is 1. The normalized spacial score (nSPS) is 12.3. The Balaban J connectivity index is 0.000000422. The van der Waals surface area contributed by atoms with Crippen molar-refractivity contribution < 1.29 is 33.0 Å². The van der Waals surface area contributed by atoms with Crippen LogP contribution in [0.1, 0.15) is 70.3 Å². The molecule has 2 aromatic rings. The number of carbonyl (C=O) groups is 1. The Morgan fingerprint density at radius 2 is 1.05 bits per heavy atom. The van der Waals surface area contributed by atoms with Crippen molar-refractivity contribution in [3.05, 3.63) is 59.7 Å². The highest BCUT2D eigenvalue weighted by Gasteiger charge is 2.37. The van der Waals surface area contributed by atoms with Gasteiger partial charge in [-0.25, -0.2) is 4.79 Å². The third kappa shape index (κ3) is 13.4. The van der Waals surface area contributed by atoms with Gasteiger partial charge in [0.1, 0.15) is 11.5 Å². The predicted molar refractivity (Wildman–Crippen MR) is 177 cm³/mol. The topological polar surface area (TPSA) is 83.5 Å². The van der Waals surface area contributed by atoms with Crippen molar-refractivity contribution >= 4 is 22.6 Å². The maximum absolute atomic E-state index is 11.3. The van der Waals surface area contributed by atoms with Gasteiger partial charge in [-0.15, -0.1) is 0 Å². The first-order valence-corrected chi connectivity index (χ1v) is 20.7. The summed E-state index contributed by atoms with van der Waals surface area (Å²) in [7, 11) is -1.93. The average molecular weight is 621 g/mol. The number of methoxy groups -OCH3 is 1. The zero-order chi connectivity index (χ0) is 32.0. The average Bonchev–Trinajstić information content (AvgIpc) is 2.92. The number of aliphatic hydroxyl groups excluding tert-OH is 1. The number of benzene rings is 2. The van der Waals surface area contributed by atoms with Gasteiger partial charge in [-0.2, -0.15) is 0 Å². The molecule has 0 saturated heterocycles. The number of hydrogen-bond acceptors (Lipinski definition) is 7. The van der Waals surface area contributed by atoms with Crippen molar-refractivity contribution in [3.63, 3.8) is 0 Å². The van der Waals surface area contributed by atoms with Gasteiger partial charge in [0.2, 0.25) is 0 Å². The molecule has 2 aromatic carbocycles. The largest absolute Gasteiger partial charge is 0.494 e. The van der Waals surface area contributed by atoms with Crippen LogP contribution in [0.3, 0.4) is 0 Å². The Labute approximate surface area is 257 Å². The zero-order valence-corrected chi connectivity index (χ0v) is 30.0. The van der Waals surface area contributed by atoms with E-state index in [1.54, 1.807) is 24.3 Å². The Morgan fingerprint density at radius 1 is 0.667 bits per heavy atom. The van der Waals surface area contributed by atoms with E-state index in [-0.39, 0.29) is 22.7 Å². The Morgan fingerprint density at radius 3 is 1.38 bits per heavy atom. The van der Waals surface area contributed by atoms with Gasteiger partial charge in [-0.3, -0.25) is 0 Å². The second-order valence-corrected chi connectivity index (χ2v) is 23.1. The molecule has 0 radical (unpaired) electrons. The van der Waals surface area contributed by atoms with E-state index in [0.29, 0.717) is 18.8 Å². The smallest absolute Gasteiger partial charge is 0.337 e. The van der Waals surface area contributed by atoms with Gasteiger partial charge in [0, 0.05) is 26.1 Å². The summed E-state index contributed by atoms with van der Waals surface area (Å²) in [4.78, 5) is 11.3. The van der Waals surface area contributed by atoms with Gasteiger partial charge in [-0.1, -0.05) is 53.7 Å². The molecule has 2 rings (SSSR count). The molecule has 0 aliphatic carbocycles. The summed E-state index contributed by atoms with van der Waals surface area (Å²) in [6.07, 6.45) is 1.75. The lowest BCUT2D eigenvalue weighted by atomic mass is 10.2. The standard InChI is InChI=1S/C17H28O4Si.C16H28O3Si/c1-17(2,3)22(5,6)21-13-7-12-20-15-10-8-14(9-11-15)16(18)19-4;1-16(2,3)20(4,5)19-12-6-11-18-15-9-7-14(13-17)8-10-15/h8-11H,7,12-13H2,1-6H3;7-10,17H,6,11-13H2,1-5H3. The van der Waals surface area contributed by atoms with Crippen molar-refractivity contribution in [2.45, 2.75) is 97.3 Å². The molecule has 0 aliphatic heterocycles. The van der Waals surface area contributed by atoms with Crippen LogP contribution in [0.2, 0.25) is 36.3 Å².